The largest absolute Gasteiger partial charge is 0.355 e. The van der Waals surface area contributed by atoms with Crippen molar-refractivity contribution in [2.75, 3.05) is 30.6 Å². The third-order valence-corrected chi connectivity index (χ3v) is 3.24. The summed E-state index contributed by atoms with van der Waals surface area (Å²) in [4.78, 5) is 13.4. The van der Waals surface area contributed by atoms with E-state index in [2.05, 4.69) is 32.8 Å². The van der Waals surface area contributed by atoms with Crippen LogP contribution in [0.25, 0.3) is 0 Å². The van der Waals surface area contributed by atoms with Crippen molar-refractivity contribution in [2.24, 2.45) is 0 Å². The molecule has 0 unspecified atom stereocenters. The van der Waals surface area contributed by atoms with Crippen LogP contribution < -0.4 is 5.32 Å². The second kappa shape index (κ2) is 7.45. The highest BCUT2D eigenvalue weighted by molar-refractivity contribution is 14.1. The Balaban J connectivity index is 1.94. The van der Waals surface area contributed by atoms with E-state index in [-0.39, 0.29) is 5.91 Å². The van der Waals surface area contributed by atoms with Crippen LogP contribution in [0.5, 0.6) is 0 Å². The summed E-state index contributed by atoms with van der Waals surface area (Å²) in [6, 6.07) is 0. The molecule has 0 aliphatic carbocycles. The second-order valence-corrected chi connectivity index (χ2v) is 4.50. The van der Waals surface area contributed by atoms with E-state index < -0.39 is 0 Å². The molecule has 0 radical (unpaired) electrons. The van der Waals surface area contributed by atoms with Gasteiger partial charge in [0.2, 0.25) is 5.91 Å². The highest BCUT2D eigenvalue weighted by atomic mass is 127. The molecule has 1 aliphatic rings. The van der Waals surface area contributed by atoms with Gasteiger partial charge in [0.1, 0.15) is 0 Å². The fourth-order valence-electron chi connectivity index (χ4n) is 1.76. The molecule has 3 nitrogen and oxygen atoms in total. The lowest BCUT2D eigenvalue weighted by molar-refractivity contribution is -0.118. The van der Waals surface area contributed by atoms with E-state index in [1.54, 1.807) is 0 Å². The number of piperidine rings is 1. The summed E-state index contributed by atoms with van der Waals surface area (Å²) < 4.78 is 0.571. The Hall–Kier alpha value is 0.160. The van der Waals surface area contributed by atoms with Crippen molar-refractivity contribution in [3.8, 4) is 0 Å². The first-order valence-electron chi connectivity index (χ1n) is 5.38. The van der Waals surface area contributed by atoms with Crippen molar-refractivity contribution in [1.29, 1.82) is 0 Å². The quantitative estimate of drug-likeness (QED) is 0.473. The number of alkyl halides is 1. The van der Waals surface area contributed by atoms with Crippen molar-refractivity contribution in [2.45, 2.75) is 25.7 Å². The molecular weight excluding hydrogens is 291 g/mol. The normalized spacial score (nSPS) is 18.1. The molecule has 0 aromatic carbocycles. The third-order valence-electron chi connectivity index (χ3n) is 2.54. The summed E-state index contributed by atoms with van der Waals surface area (Å²) in [5.41, 5.74) is 0. The van der Waals surface area contributed by atoms with Gasteiger partial charge in [0.05, 0.1) is 4.43 Å². The van der Waals surface area contributed by atoms with Crippen LogP contribution >= 0.6 is 22.6 Å². The Labute approximate surface area is 99.8 Å². The zero-order valence-corrected chi connectivity index (χ0v) is 10.8. The van der Waals surface area contributed by atoms with Gasteiger partial charge in [-0.2, -0.15) is 0 Å². The molecule has 0 bridgehead atoms. The van der Waals surface area contributed by atoms with Gasteiger partial charge in [0.25, 0.3) is 0 Å². The fraction of sp³-hybridized carbons (Fsp3) is 0.900. The van der Waals surface area contributed by atoms with Crippen LogP contribution in [0.3, 0.4) is 0 Å². The maximum absolute atomic E-state index is 10.9. The average Bonchev–Trinajstić information content (AvgIpc) is 2.25. The van der Waals surface area contributed by atoms with Crippen LogP contribution in [0, 0.1) is 0 Å². The number of hydrogen-bond donors (Lipinski definition) is 1. The lowest BCUT2D eigenvalue weighted by atomic mass is 10.1. The van der Waals surface area contributed by atoms with Crippen molar-refractivity contribution in [3.63, 3.8) is 0 Å². The molecular formula is C10H19IN2O. The number of halogens is 1. The number of carbonyl (C=O) groups excluding carboxylic acids is 1. The lowest BCUT2D eigenvalue weighted by Crippen LogP contribution is -2.33. The molecule has 1 aliphatic heterocycles. The first-order valence-corrected chi connectivity index (χ1v) is 6.90. The first kappa shape index (κ1) is 12.2. The molecule has 0 aromatic rings. The molecule has 0 spiro atoms. The smallest absolute Gasteiger partial charge is 0.229 e. The number of carbonyl (C=O) groups is 1. The van der Waals surface area contributed by atoms with Crippen LogP contribution in [0.1, 0.15) is 25.7 Å². The van der Waals surface area contributed by atoms with Gasteiger partial charge in [0.15, 0.2) is 0 Å². The van der Waals surface area contributed by atoms with E-state index in [9.17, 15) is 4.79 Å². The van der Waals surface area contributed by atoms with Crippen molar-refractivity contribution in [3.05, 3.63) is 0 Å². The standard InChI is InChI=1S/C10H19IN2O/c11-9-10(14)12-5-4-8-13-6-2-1-3-7-13/h1-9H2,(H,12,14). The van der Waals surface area contributed by atoms with Crippen LogP contribution in [0.4, 0.5) is 0 Å². The third kappa shape index (κ3) is 5.14. The van der Waals surface area contributed by atoms with Gasteiger partial charge in [0, 0.05) is 6.54 Å². The van der Waals surface area contributed by atoms with Gasteiger partial charge in [-0.1, -0.05) is 29.0 Å². The molecule has 0 saturated carbocycles. The number of likely N-dealkylation sites (tertiary alicyclic amines) is 1. The van der Waals surface area contributed by atoms with E-state index in [0.717, 1.165) is 19.5 Å². The molecule has 0 atom stereocenters. The number of nitrogens with one attached hydrogen (secondary N) is 1. The van der Waals surface area contributed by atoms with Crippen LogP contribution in [0.2, 0.25) is 0 Å². The van der Waals surface area contributed by atoms with Gasteiger partial charge in [-0.15, -0.1) is 0 Å². The number of amides is 1. The van der Waals surface area contributed by atoms with Gasteiger partial charge < -0.3 is 10.2 Å². The van der Waals surface area contributed by atoms with E-state index in [4.69, 9.17) is 0 Å². The second-order valence-electron chi connectivity index (χ2n) is 3.74. The van der Waals surface area contributed by atoms with Crippen LogP contribution in [0.15, 0.2) is 0 Å². The summed E-state index contributed by atoms with van der Waals surface area (Å²) in [5.74, 6) is 0.157. The molecule has 82 valence electrons. The predicted octanol–water partition coefficient (Wildman–Crippen LogP) is 1.41. The van der Waals surface area contributed by atoms with Crippen molar-refractivity contribution < 1.29 is 4.79 Å². The minimum Gasteiger partial charge on any atom is -0.355 e. The van der Waals surface area contributed by atoms with Crippen LogP contribution in [-0.4, -0.2) is 41.4 Å². The predicted molar refractivity (Wildman–Crippen MR) is 66.8 cm³/mol. The fourth-order valence-corrected chi connectivity index (χ4v) is 2.03. The molecule has 0 aromatic heterocycles. The molecule has 1 amide bonds. The Morgan fingerprint density at radius 1 is 1.29 bits per heavy atom. The molecule has 1 heterocycles. The Morgan fingerprint density at radius 2 is 2.00 bits per heavy atom. The van der Waals surface area contributed by atoms with Crippen molar-refractivity contribution >= 4 is 28.5 Å². The van der Waals surface area contributed by atoms with E-state index in [1.807, 2.05) is 0 Å². The van der Waals surface area contributed by atoms with E-state index >= 15 is 0 Å². The molecule has 1 N–H and O–H groups in total. The Bertz CT molecular complexity index is 170. The maximum atomic E-state index is 10.9. The van der Waals surface area contributed by atoms with Crippen molar-refractivity contribution in [1.82, 2.24) is 10.2 Å². The average molecular weight is 310 g/mol. The molecule has 1 rings (SSSR count). The molecule has 4 heteroatoms. The highest BCUT2D eigenvalue weighted by Crippen LogP contribution is 2.08. The summed E-state index contributed by atoms with van der Waals surface area (Å²) in [6.07, 6.45) is 5.17. The topological polar surface area (TPSA) is 32.3 Å². The summed E-state index contributed by atoms with van der Waals surface area (Å²) in [7, 11) is 0. The highest BCUT2D eigenvalue weighted by Gasteiger charge is 2.08. The Kier molecular flexibility index (Phi) is 6.51. The molecule has 1 fully saturated rings. The SMILES string of the molecule is O=C(CI)NCCCN1CCCCC1. The van der Waals surface area contributed by atoms with Gasteiger partial charge in [-0.25, -0.2) is 0 Å². The number of nitrogens with zero attached hydrogens (tertiary/aromatic N) is 1. The molecule has 14 heavy (non-hydrogen) atoms. The number of hydrogen-bond acceptors (Lipinski definition) is 2. The monoisotopic (exact) mass is 310 g/mol. The minimum atomic E-state index is 0.157. The molecule has 1 saturated heterocycles. The lowest BCUT2D eigenvalue weighted by Gasteiger charge is -2.26. The van der Waals surface area contributed by atoms with E-state index in [1.165, 1.54) is 32.4 Å². The zero-order valence-electron chi connectivity index (χ0n) is 8.60. The van der Waals surface area contributed by atoms with E-state index in [0.29, 0.717) is 4.43 Å². The first-order chi connectivity index (χ1) is 6.83. The Morgan fingerprint density at radius 3 is 2.64 bits per heavy atom. The summed E-state index contributed by atoms with van der Waals surface area (Å²) in [6.45, 7) is 4.47. The van der Waals surface area contributed by atoms with Gasteiger partial charge in [-0.05, 0) is 38.9 Å². The maximum Gasteiger partial charge on any atom is 0.229 e. The summed E-state index contributed by atoms with van der Waals surface area (Å²) in [5, 5.41) is 2.90. The zero-order chi connectivity index (χ0) is 10.2. The van der Waals surface area contributed by atoms with Gasteiger partial charge in [-0.3, -0.25) is 4.79 Å². The van der Waals surface area contributed by atoms with Gasteiger partial charge >= 0.3 is 0 Å². The van der Waals surface area contributed by atoms with Crippen LogP contribution in [-0.2, 0) is 4.79 Å². The summed E-state index contributed by atoms with van der Waals surface area (Å²) >= 11 is 2.09. The minimum absolute atomic E-state index is 0.157. The number of rotatable bonds is 5.